The number of rotatable bonds is 6. The van der Waals surface area contributed by atoms with Crippen molar-refractivity contribution in [3.8, 4) is 16.8 Å². The SMILES string of the molecule is COC(=O)Cc1ccc(C2=CN=C(C3(O)CCc4cc(-c5cc(Cl)ccc5-n5cnnn5)c[n+]([O-])c43)C2)cc1. The molecule has 0 saturated heterocycles. The molecule has 0 bridgehead atoms. The van der Waals surface area contributed by atoms with Crippen LogP contribution in [0.4, 0.5) is 0 Å². The summed E-state index contributed by atoms with van der Waals surface area (Å²) in [7, 11) is 1.36. The minimum atomic E-state index is -1.48. The number of benzene rings is 2. The summed E-state index contributed by atoms with van der Waals surface area (Å²) in [5, 5.41) is 37.1. The van der Waals surface area contributed by atoms with Crippen LogP contribution in [0.2, 0.25) is 5.02 Å². The highest BCUT2D eigenvalue weighted by atomic mass is 35.5. The van der Waals surface area contributed by atoms with Crippen molar-refractivity contribution in [1.29, 1.82) is 0 Å². The molecule has 2 aromatic carbocycles. The maximum Gasteiger partial charge on any atom is 0.309 e. The highest BCUT2D eigenvalue weighted by Gasteiger charge is 2.49. The monoisotopic (exact) mass is 542 g/mol. The second-order valence-corrected chi connectivity index (χ2v) is 10.00. The van der Waals surface area contributed by atoms with E-state index in [-0.39, 0.29) is 12.4 Å². The number of nitrogens with zero attached hydrogens (tertiary/aromatic N) is 6. The molecule has 2 aliphatic rings. The molecule has 10 nitrogen and oxygen atoms in total. The topological polar surface area (TPSA) is 129 Å². The van der Waals surface area contributed by atoms with Crippen LogP contribution in [0.15, 0.2) is 72.2 Å². The maximum atomic E-state index is 13.4. The summed E-state index contributed by atoms with van der Waals surface area (Å²) in [6.07, 6.45) is 6.12. The lowest BCUT2D eigenvalue weighted by Gasteiger charge is -2.23. The number of ether oxygens (including phenoxy) is 1. The fourth-order valence-electron chi connectivity index (χ4n) is 5.27. The molecule has 3 heterocycles. The second-order valence-electron chi connectivity index (χ2n) is 9.56. The largest absolute Gasteiger partial charge is 0.618 e. The van der Waals surface area contributed by atoms with Gasteiger partial charge in [-0.25, -0.2) is 0 Å². The number of aryl methyl sites for hydroxylation is 1. The first-order chi connectivity index (χ1) is 18.9. The summed E-state index contributed by atoms with van der Waals surface area (Å²) in [6, 6.07) is 14.8. The van der Waals surface area contributed by atoms with Gasteiger partial charge >= 0.3 is 5.97 Å². The Hall–Kier alpha value is -4.41. The molecular formula is C28H23ClN6O4. The number of aliphatic imine (C=N–C) groups is 1. The lowest BCUT2D eigenvalue weighted by atomic mass is 9.89. The number of halogens is 1. The van der Waals surface area contributed by atoms with Crippen molar-refractivity contribution in [2.24, 2.45) is 4.99 Å². The Morgan fingerprint density at radius 1 is 1.21 bits per heavy atom. The number of allylic oxidation sites excluding steroid dienone is 1. The van der Waals surface area contributed by atoms with Crippen molar-refractivity contribution < 1.29 is 19.4 Å². The van der Waals surface area contributed by atoms with Gasteiger partial charge in [-0.2, -0.15) is 9.41 Å². The molecule has 11 heteroatoms. The molecule has 6 rings (SSSR count). The summed E-state index contributed by atoms with van der Waals surface area (Å²) in [5.74, 6) is -0.299. The molecule has 1 atom stereocenters. The minimum Gasteiger partial charge on any atom is -0.618 e. The number of fused-ring (bicyclic) bond motifs is 1. The van der Waals surface area contributed by atoms with Gasteiger partial charge in [0.25, 0.3) is 0 Å². The van der Waals surface area contributed by atoms with Crippen LogP contribution in [0.3, 0.4) is 0 Å². The molecule has 0 amide bonds. The van der Waals surface area contributed by atoms with Crippen LogP contribution >= 0.6 is 11.6 Å². The van der Waals surface area contributed by atoms with Gasteiger partial charge < -0.3 is 15.1 Å². The maximum absolute atomic E-state index is 13.4. The Morgan fingerprint density at radius 3 is 2.77 bits per heavy atom. The fraction of sp³-hybridized carbons (Fsp3) is 0.214. The number of esters is 1. The van der Waals surface area contributed by atoms with E-state index in [0.717, 1.165) is 27.0 Å². The molecule has 0 spiro atoms. The number of carbonyl (C=O) groups excluding carboxylic acids is 1. The molecule has 2 aromatic heterocycles. The number of aliphatic hydroxyl groups is 1. The van der Waals surface area contributed by atoms with Crippen molar-refractivity contribution in [3.05, 3.63) is 99.9 Å². The van der Waals surface area contributed by atoms with Gasteiger partial charge in [0, 0.05) is 34.3 Å². The highest BCUT2D eigenvalue weighted by Crippen LogP contribution is 2.42. The van der Waals surface area contributed by atoms with Gasteiger partial charge in [0.1, 0.15) is 6.33 Å². The number of methoxy groups -OCH3 is 1. The van der Waals surface area contributed by atoms with Crippen molar-refractivity contribution in [3.63, 3.8) is 0 Å². The summed E-state index contributed by atoms with van der Waals surface area (Å²) in [5.41, 5.74) is 4.80. The van der Waals surface area contributed by atoms with E-state index in [0.29, 0.717) is 52.5 Å². The molecule has 0 saturated carbocycles. The van der Waals surface area contributed by atoms with Crippen LogP contribution < -0.4 is 4.73 Å². The fourth-order valence-corrected chi connectivity index (χ4v) is 5.44. The molecule has 1 aliphatic carbocycles. The molecule has 4 aromatic rings. The van der Waals surface area contributed by atoms with Gasteiger partial charge in [-0.3, -0.25) is 9.79 Å². The van der Waals surface area contributed by atoms with Crippen LogP contribution in [0.1, 0.15) is 35.2 Å². The van der Waals surface area contributed by atoms with Crippen LogP contribution in [0.5, 0.6) is 0 Å². The van der Waals surface area contributed by atoms with Gasteiger partial charge in [-0.05, 0) is 64.2 Å². The van der Waals surface area contributed by atoms with Gasteiger partial charge in [0.2, 0.25) is 5.69 Å². The van der Waals surface area contributed by atoms with E-state index >= 15 is 0 Å². The number of hydrogen-bond donors (Lipinski definition) is 1. The third-order valence-corrected chi connectivity index (χ3v) is 7.47. The average molecular weight is 543 g/mol. The first-order valence-corrected chi connectivity index (χ1v) is 12.7. The third kappa shape index (κ3) is 4.47. The van der Waals surface area contributed by atoms with Crippen molar-refractivity contribution in [2.75, 3.05) is 7.11 Å². The predicted octanol–water partition coefficient (Wildman–Crippen LogP) is 3.35. The molecule has 0 radical (unpaired) electrons. The van der Waals surface area contributed by atoms with E-state index in [1.54, 1.807) is 24.4 Å². The molecule has 39 heavy (non-hydrogen) atoms. The van der Waals surface area contributed by atoms with Crippen LogP contribution in [-0.2, 0) is 28.0 Å². The molecular weight excluding hydrogens is 520 g/mol. The Bertz CT molecular complexity index is 1650. The zero-order valence-electron chi connectivity index (χ0n) is 20.9. The smallest absolute Gasteiger partial charge is 0.309 e. The molecule has 1 aliphatic heterocycles. The van der Waals surface area contributed by atoms with Gasteiger partial charge in [0.15, 0.2) is 11.8 Å². The standard InChI is InChI=1S/C28H23ClN6O4/c1-39-26(36)10-17-2-4-18(5-3-17)20-12-25(30-14-20)28(37)9-8-19-11-21(15-35(38)27(19)28)23-13-22(29)6-7-24(23)34-16-31-32-33-34/h2-7,11,13-16,37H,8-10,12H2,1H3. The number of hydrogen-bond acceptors (Lipinski definition) is 8. The molecule has 1 unspecified atom stereocenters. The van der Waals surface area contributed by atoms with Crippen molar-refractivity contribution in [1.82, 2.24) is 20.2 Å². The number of aromatic nitrogens is 5. The number of pyridine rings is 1. The summed E-state index contributed by atoms with van der Waals surface area (Å²) < 4.78 is 6.97. The third-order valence-electron chi connectivity index (χ3n) is 7.24. The zero-order valence-corrected chi connectivity index (χ0v) is 21.7. The van der Waals surface area contributed by atoms with Crippen molar-refractivity contribution in [2.45, 2.75) is 31.3 Å². The van der Waals surface area contributed by atoms with E-state index in [9.17, 15) is 15.1 Å². The van der Waals surface area contributed by atoms with Gasteiger partial charge in [-0.1, -0.05) is 35.9 Å². The summed E-state index contributed by atoms with van der Waals surface area (Å²) in [6.45, 7) is 0. The Morgan fingerprint density at radius 2 is 2.03 bits per heavy atom. The Kier molecular flexibility index (Phi) is 6.20. The molecule has 1 N–H and O–H groups in total. The van der Waals surface area contributed by atoms with E-state index in [1.807, 2.05) is 30.3 Å². The van der Waals surface area contributed by atoms with Gasteiger partial charge in [0.05, 0.1) is 24.9 Å². The number of carbonyl (C=O) groups is 1. The minimum absolute atomic E-state index is 0.200. The van der Waals surface area contributed by atoms with Gasteiger partial charge in [-0.15, -0.1) is 5.10 Å². The predicted molar refractivity (Wildman–Crippen MR) is 143 cm³/mol. The van der Waals surface area contributed by atoms with E-state index in [2.05, 4.69) is 20.5 Å². The van der Waals surface area contributed by atoms with Crippen LogP contribution in [0, 0.1) is 5.21 Å². The zero-order chi connectivity index (χ0) is 27.1. The summed E-state index contributed by atoms with van der Waals surface area (Å²) in [4.78, 5) is 16.1. The van der Waals surface area contributed by atoms with Crippen LogP contribution in [-0.4, -0.2) is 44.1 Å². The lowest BCUT2D eigenvalue weighted by Crippen LogP contribution is -2.45. The van der Waals surface area contributed by atoms with E-state index < -0.39 is 5.60 Å². The first-order valence-electron chi connectivity index (χ1n) is 12.3. The lowest BCUT2D eigenvalue weighted by molar-refractivity contribution is -0.619. The second kappa shape index (κ2) is 9.72. The molecule has 196 valence electrons. The highest BCUT2D eigenvalue weighted by molar-refractivity contribution is 6.31. The summed E-state index contributed by atoms with van der Waals surface area (Å²) >= 11 is 6.29. The average Bonchev–Trinajstić information content (AvgIpc) is 3.70. The van der Waals surface area contributed by atoms with E-state index in [4.69, 9.17) is 16.3 Å². The Labute approximate surface area is 228 Å². The van der Waals surface area contributed by atoms with E-state index in [1.165, 1.54) is 24.3 Å². The van der Waals surface area contributed by atoms with Crippen molar-refractivity contribution >= 4 is 28.9 Å². The molecule has 0 fully saturated rings. The Balaban J connectivity index is 1.27. The first kappa shape index (κ1) is 24.9. The number of tetrazole rings is 1. The quantitative estimate of drug-likeness (QED) is 0.225. The normalized spacial score (nSPS) is 18.0. The van der Waals surface area contributed by atoms with Crippen LogP contribution in [0.25, 0.3) is 22.4 Å².